The van der Waals surface area contributed by atoms with E-state index in [-0.39, 0.29) is 42.6 Å². The zero-order valence-corrected chi connectivity index (χ0v) is 33.8. The van der Waals surface area contributed by atoms with E-state index in [0.717, 1.165) is 13.0 Å². The van der Waals surface area contributed by atoms with Gasteiger partial charge in [0.15, 0.2) is 0 Å². The molecule has 0 fully saturated rings. The van der Waals surface area contributed by atoms with Gasteiger partial charge in [-0.1, -0.05) is 103 Å². The maximum Gasteiger partial charge on any atom is 1.00 e. The second-order valence-electron chi connectivity index (χ2n) is 11.8. The van der Waals surface area contributed by atoms with Crippen molar-refractivity contribution in [3.05, 3.63) is 0 Å². The van der Waals surface area contributed by atoms with Gasteiger partial charge in [0.1, 0.15) is 0 Å². The summed E-state index contributed by atoms with van der Waals surface area (Å²) in [6.07, 6.45) is 22.3. The van der Waals surface area contributed by atoms with Crippen molar-refractivity contribution in [3.63, 3.8) is 0 Å². The van der Waals surface area contributed by atoms with Crippen molar-refractivity contribution in [2.24, 2.45) is 0 Å². The van der Waals surface area contributed by atoms with Gasteiger partial charge in [-0.25, -0.2) is 8.42 Å². The van der Waals surface area contributed by atoms with Crippen LogP contribution in [-0.2, 0) is 48.0 Å². The van der Waals surface area contributed by atoms with Crippen molar-refractivity contribution in [3.8, 4) is 0 Å². The van der Waals surface area contributed by atoms with Crippen molar-refractivity contribution in [1.82, 2.24) is 0 Å². The topological polar surface area (TPSA) is 131 Å². The minimum Gasteiger partial charge on any atom is -0.748 e. The molecule has 0 aliphatic carbocycles. The van der Waals surface area contributed by atoms with E-state index in [9.17, 15) is 13.0 Å². The summed E-state index contributed by atoms with van der Waals surface area (Å²) in [5.74, 6) is -0.406. The molecule has 0 unspecified atom stereocenters. The molecule has 0 atom stereocenters. The van der Waals surface area contributed by atoms with Crippen LogP contribution in [0.2, 0.25) is 0 Å². The van der Waals surface area contributed by atoms with Gasteiger partial charge in [0.25, 0.3) is 0 Å². The fourth-order valence-corrected chi connectivity index (χ4v) is 5.20. The van der Waals surface area contributed by atoms with E-state index >= 15 is 0 Å². The predicted molar refractivity (Wildman–Crippen MR) is 185 cm³/mol. The van der Waals surface area contributed by atoms with Crippen molar-refractivity contribution in [1.29, 1.82) is 0 Å². The van der Waals surface area contributed by atoms with Crippen LogP contribution in [-0.4, -0.2) is 124 Å². The number of rotatable bonds is 42. The average Bonchev–Trinajstić information content (AvgIpc) is 3.05. The number of ether oxygens (including phenoxy) is 8. The number of hydrogen-bond acceptors (Lipinski definition) is 11. The molecule has 0 aliphatic rings. The molecule has 0 aromatic heterocycles. The molecule has 0 aromatic carbocycles. The van der Waals surface area contributed by atoms with Gasteiger partial charge in [-0.2, -0.15) is 0 Å². The van der Waals surface area contributed by atoms with Crippen molar-refractivity contribution in [2.75, 3.05) is 111 Å². The van der Waals surface area contributed by atoms with E-state index in [0.29, 0.717) is 92.5 Å². The Morgan fingerprint density at radius 3 is 0.792 bits per heavy atom. The second-order valence-corrected chi connectivity index (χ2v) is 13.3. The minimum atomic E-state index is -4.17. The molecule has 0 rings (SSSR count). The molecule has 0 amide bonds. The van der Waals surface area contributed by atoms with Gasteiger partial charge >= 0.3 is 29.6 Å². The summed E-state index contributed by atoms with van der Waals surface area (Å²) in [7, 11) is -4.17. The third-order valence-electron chi connectivity index (χ3n) is 7.43. The Labute approximate surface area is 316 Å². The van der Waals surface area contributed by atoms with Gasteiger partial charge in [-0.3, -0.25) is 0 Å². The summed E-state index contributed by atoms with van der Waals surface area (Å²) in [5, 5.41) is 0. The maximum absolute atomic E-state index is 10.5. The SMILES string of the molecule is CCCCCCCCCCCCCCCCCCOCCOCCOCCOCCOCCOCCOCCOCCCS(=O)(=O)[O-].[Na+]. The van der Waals surface area contributed by atoms with Crippen LogP contribution in [0, 0.1) is 0 Å². The molecule has 0 aliphatic heterocycles. The normalized spacial score (nSPS) is 11.7. The molecule has 48 heavy (non-hydrogen) atoms. The quantitative estimate of drug-likeness (QED) is 0.0523. The molecule has 13 heteroatoms. The summed E-state index contributed by atoms with van der Waals surface area (Å²) >= 11 is 0. The van der Waals surface area contributed by atoms with Gasteiger partial charge < -0.3 is 42.4 Å². The first-order chi connectivity index (χ1) is 23.1. The minimum absolute atomic E-state index is 0. The fraction of sp³-hybridized carbons (Fsp3) is 1.00. The number of unbranched alkanes of at least 4 members (excludes halogenated alkanes) is 15. The van der Waals surface area contributed by atoms with Crippen LogP contribution < -0.4 is 29.6 Å². The molecule has 0 bridgehead atoms. The summed E-state index contributed by atoms with van der Waals surface area (Å²) < 4.78 is 74.9. The molecule has 0 N–H and O–H groups in total. The van der Waals surface area contributed by atoms with Gasteiger partial charge in [0.2, 0.25) is 0 Å². The van der Waals surface area contributed by atoms with E-state index in [1.54, 1.807) is 0 Å². The Bertz CT molecular complexity index is 689. The Morgan fingerprint density at radius 2 is 0.542 bits per heavy atom. The van der Waals surface area contributed by atoms with Crippen LogP contribution in [0.4, 0.5) is 0 Å². The smallest absolute Gasteiger partial charge is 0.748 e. The first-order valence-electron chi connectivity index (χ1n) is 18.6. The van der Waals surface area contributed by atoms with Crippen LogP contribution >= 0.6 is 0 Å². The fourth-order valence-electron chi connectivity index (χ4n) is 4.73. The van der Waals surface area contributed by atoms with Crippen LogP contribution in [0.5, 0.6) is 0 Å². The molecule has 0 radical (unpaired) electrons. The van der Waals surface area contributed by atoms with Crippen molar-refractivity contribution < 1.29 is 80.4 Å². The average molecular weight is 723 g/mol. The van der Waals surface area contributed by atoms with Crippen LogP contribution in [0.1, 0.15) is 116 Å². The Balaban J connectivity index is 0. The second kappa shape index (κ2) is 43.8. The molecule has 0 spiro atoms. The van der Waals surface area contributed by atoms with Gasteiger partial charge in [-0.15, -0.1) is 0 Å². The third kappa shape index (κ3) is 48.7. The monoisotopic (exact) mass is 722 g/mol. The van der Waals surface area contributed by atoms with Crippen LogP contribution in [0.3, 0.4) is 0 Å². The summed E-state index contributed by atoms with van der Waals surface area (Å²) in [5.41, 5.74) is 0. The van der Waals surface area contributed by atoms with E-state index < -0.39 is 15.9 Å². The van der Waals surface area contributed by atoms with Gasteiger partial charge in [0, 0.05) is 19.0 Å². The van der Waals surface area contributed by atoms with Crippen molar-refractivity contribution >= 4 is 10.1 Å². The summed E-state index contributed by atoms with van der Waals surface area (Å²) in [6.45, 7) is 10.3. The molecule has 0 aromatic rings. The third-order valence-corrected chi connectivity index (χ3v) is 8.22. The summed E-state index contributed by atoms with van der Waals surface area (Å²) in [4.78, 5) is 0. The maximum atomic E-state index is 10.5. The zero-order valence-electron chi connectivity index (χ0n) is 30.9. The number of hydrogen-bond donors (Lipinski definition) is 0. The predicted octanol–water partition coefficient (Wildman–Crippen LogP) is 3.32. The van der Waals surface area contributed by atoms with E-state index in [1.165, 1.54) is 96.3 Å². The van der Waals surface area contributed by atoms with E-state index in [2.05, 4.69) is 6.92 Å². The first-order valence-corrected chi connectivity index (χ1v) is 20.2. The molecule has 284 valence electrons. The van der Waals surface area contributed by atoms with E-state index in [4.69, 9.17) is 37.9 Å². The Hall–Kier alpha value is 0.590. The molecule has 11 nitrogen and oxygen atoms in total. The molecular formula is C35H71NaO11S. The standard InChI is InChI=1S/C35H72O11S.Na/c1-2-3-4-5-6-7-8-9-10-11-12-13-14-15-16-17-19-39-21-23-41-25-27-43-29-31-45-33-34-46-32-30-44-28-26-42-24-22-40-20-18-35-47(36,37)38;/h2-35H2,1H3,(H,36,37,38);/q;+1/p-1. The largest absolute Gasteiger partial charge is 1.00 e. The van der Waals surface area contributed by atoms with Gasteiger partial charge in [-0.05, 0) is 12.8 Å². The van der Waals surface area contributed by atoms with Crippen LogP contribution in [0.15, 0.2) is 0 Å². The van der Waals surface area contributed by atoms with E-state index in [1.807, 2.05) is 0 Å². The Kier molecular flexibility index (Phi) is 46.2. The Morgan fingerprint density at radius 1 is 0.333 bits per heavy atom. The molecular weight excluding hydrogens is 651 g/mol. The van der Waals surface area contributed by atoms with Crippen LogP contribution in [0.25, 0.3) is 0 Å². The molecule has 0 saturated carbocycles. The van der Waals surface area contributed by atoms with Gasteiger partial charge in [0.05, 0.1) is 103 Å². The molecule has 0 saturated heterocycles. The zero-order chi connectivity index (χ0) is 34.2. The summed E-state index contributed by atoms with van der Waals surface area (Å²) in [6, 6.07) is 0. The molecule has 0 heterocycles. The van der Waals surface area contributed by atoms with Crippen molar-refractivity contribution in [2.45, 2.75) is 116 Å². The first kappa shape index (κ1) is 50.7.